The third kappa shape index (κ3) is 2.65. The van der Waals surface area contributed by atoms with E-state index in [1.54, 1.807) is 0 Å². The van der Waals surface area contributed by atoms with E-state index in [1.807, 2.05) is 0 Å². The van der Waals surface area contributed by atoms with Crippen molar-refractivity contribution >= 4 is 11.8 Å². The van der Waals surface area contributed by atoms with Gasteiger partial charge in [-0.2, -0.15) is 11.8 Å². The summed E-state index contributed by atoms with van der Waals surface area (Å²) >= 11 is 2.12. The van der Waals surface area contributed by atoms with Gasteiger partial charge in [0, 0.05) is 48.3 Å². The van der Waals surface area contributed by atoms with Crippen molar-refractivity contribution in [3.05, 3.63) is 0 Å². The first-order valence-electron chi connectivity index (χ1n) is 6.77. The maximum Gasteiger partial charge on any atom is 0.0474 e. The second-order valence-electron chi connectivity index (χ2n) is 6.06. The molecule has 2 aliphatic rings. The molecule has 0 bridgehead atoms. The van der Waals surface area contributed by atoms with E-state index < -0.39 is 0 Å². The van der Waals surface area contributed by atoms with Crippen molar-refractivity contribution in [2.24, 2.45) is 5.73 Å². The number of hydrogen-bond acceptors (Lipinski definition) is 4. The van der Waals surface area contributed by atoms with Crippen LogP contribution in [0, 0.1) is 0 Å². The second kappa shape index (κ2) is 5.08. The van der Waals surface area contributed by atoms with Crippen molar-refractivity contribution in [3.63, 3.8) is 0 Å². The molecule has 0 amide bonds. The average Bonchev–Trinajstić information content (AvgIpc) is 2.55. The number of nitrogens with two attached hydrogens (primary N) is 1. The fourth-order valence-electron chi connectivity index (χ4n) is 3.46. The summed E-state index contributed by atoms with van der Waals surface area (Å²) in [4.78, 5) is 5.14. The van der Waals surface area contributed by atoms with Crippen molar-refractivity contribution in [3.8, 4) is 0 Å². The van der Waals surface area contributed by atoms with Crippen molar-refractivity contribution in [2.45, 2.75) is 49.3 Å². The first-order chi connectivity index (χ1) is 7.97. The van der Waals surface area contributed by atoms with E-state index >= 15 is 0 Å². The van der Waals surface area contributed by atoms with E-state index in [0.717, 1.165) is 23.6 Å². The molecule has 17 heavy (non-hydrogen) atoms. The van der Waals surface area contributed by atoms with Crippen LogP contribution < -0.4 is 5.73 Å². The fourth-order valence-corrected chi connectivity index (χ4v) is 4.79. The van der Waals surface area contributed by atoms with E-state index in [-0.39, 0.29) is 5.54 Å². The van der Waals surface area contributed by atoms with Gasteiger partial charge in [0.05, 0.1) is 0 Å². The summed E-state index contributed by atoms with van der Waals surface area (Å²) in [5.41, 5.74) is 6.37. The minimum absolute atomic E-state index is 0.234. The van der Waals surface area contributed by atoms with Crippen LogP contribution in [0.5, 0.6) is 0 Å². The summed E-state index contributed by atoms with van der Waals surface area (Å²) in [6, 6.07) is 0.666. The Kier molecular flexibility index (Phi) is 4.08. The lowest BCUT2D eigenvalue weighted by Crippen LogP contribution is -2.60. The Morgan fingerprint density at radius 2 is 1.82 bits per heavy atom. The van der Waals surface area contributed by atoms with Crippen LogP contribution in [0.3, 0.4) is 0 Å². The van der Waals surface area contributed by atoms with Crippen molar-refractivity contribution in [2.75, 3.05) is 33.2 Å². The number of likely N-dealkylation sites (tertiary alicyclic amines) is 1. The van der Waals surface area contributed by atoms with Crippen molar-refractivity contribution < 1.29 is 0 Å². The molecule has 4 atom stereocenters. The lowest BCUT2D eigenvalue weighted by atomic mass is 9.93. The highest BCUT2D eigenvalue weighted by Crippen LogP contribution is 2.35. The molecule has 2 aliphatic heterocycles. The standard InChI is InChI=1S/C13H27N3S/c1-10-5-13(8-14,9-15(10)4)16-6-11(2)17-12(3)7-16/h10-12H,5-9,14H2,1-4H3. The molecule has 4 heteroatoms. The normalized spacial score (nSPS) is 45.4. The molecule has 0 aliphatic carbocycles. The van der Waals surface area contributed by atoms with Crippen LogP contribution in [0.15, 0.2) is 0 Å². The Bertz CT molecular complexity index is 251. The van der Waals surface area contributed by atoms with Gasteiger partial charge in [-0.05, 0) is 20.4 Å². The molecule has 2 heterocycles. The summed E-state index contributed by atoms with van der Waals surface area (Å²) in [5.74, 6) is 0. The Morgan fingerprint density at radius 1 is 1.24 bits per heavy atom. The lowest BCUT2D eigenvalue weighted by Gasteiger charge is -2.46. The molecule has 0 aromatic carbocycles. The molecule has 100 valence electrons. The largest absolute Gasteiger partial charge is 0.329 e. The molecule has 0 saturated carbocycles. The number of nitrogens with zero attached hydrogens (tertiary/aromatic N) is 2. The average molecular weight is 257 g/mol. The highest BCUT2D eigenvalue weighted by Gasteiger charge is 2.45. The van der Waals surface area contributed by atoms with Gasteiger partial charge < -0.3 is 10.6 Å². The quantitative estimate of drug-likeness (QED) is 0.806. The van der Waals surface area contributed by atoms with Gasteiger partial charge >= 0.3 is 0 Å². The number of thioether (sulfide) groups is 1. The molecule has 4 unspecified atom stereocenters. The lowest BCUT2D eigenvalue weighted by molar-refractivity contribution is 0.0995. The molecule has 2 rings (SSSR count). The summed E-state index contributed by atoms with van der Waals surface area (Å²) in [6.07, 6.45) is 1.23. The van der Waals surface area contributed by atoms with Crippen LogP contribution >= 0.6 is 11.8 Å². The molecule has 2 N–H and O–H groups in total. The Morgan fingerprint density at radius 3 is 2.24 bits per heavy atom. The third-order valence-corrected chi connectivity index (χ3v) is 5.67. The second-order valence-corrected chi connectivity index (χ2v) is 7.94. The van der Waals surface area contributed by atoms with Gasteiger partial charge in [0.1, 0.15) is 0 Å². The molecule has 0 spiro atoms. The van der Waals surface area contributed by atoms with Crippen molar-refractivity contribution in [1.29, 1.82) is 0 Å². The maximum absolute atomic E-state index is 6.14. The predicted octanol–water partition coefficient (Wildman–Crippen LogP) is 1.23. The molecular formula is C13H27N3S. The summed E-state index contributed by atoms with van der Waals surface area (Å²) in [5, 5.41) is 1.48. The fraction of sp³-hybridized carbons (Fsp3) is 1.00. The highest BCUT2D eigenvalue weighted by atomic mass is 32.2. The highest BCUT2D eigenvalue weighted by molar-refractivity contribution is 8.00. The molecule has 0 aromatic heterocycles. The Labute approximate surface area is 110 Å². The van der Waals surface area contributed by atoms with Crippen LogP contribution in [0.2, 0.25) is 0 Å². The molecule has 3 nitrogen and oxygen atoms in total. The minimum atomic E-state index is 0.234. The van der Waals surface area contributed by atoms with Crippen LogP contribution in [-0.2, 0) is 0 Å². The number of rotatable bonds is 2. The molecule has 2 fully saturated rings. The maximum atomic E-state index is 6.14. The smallest absolute Gasteiger partial charge is 0.0474 e. The Balaban J connectivity index is 2.12. The summed E-state index contributed by atoms with van der Waals surface area (Å²) in [7, 11) is 2.23. The van der Waals surface area contributed by atoms with E-state index in [0.29, 0.717) is 6.04 Å². The predicted molar refractivity (Wildman–Crippen MR) is 76.6 cm³/mol. The zero-order chi connectivity index (χ0) is 12.6. The number of hydrogen-bond donors (Lipinski definition) is 1. The van der Waals surface area contributed by atoms with Gasteiger partial charge in [0.15, 0.2) is 0 Å². The third-order valence-electron chi connectivity index (χ3n) is 4.44. The Hall–Kier alpha value is 0.230. The van der Waals surface area contributed by atoms with Gasteiger partial charge in [-0.15, -0.1) is 0 Å². The first kappa shape index (κ1) is 13.7. The van der Waals surface area contributed by atoms with Gasteiger partial charge in [0.25, 0.3) is 0 Å². The van der Waals surface area contributed by atoms with Gasteiger partial charge in [0.2, 0.25) is 0 Å². The molecule has 0 aromatic rings. The van der Waals surface area contributed by atoms with Crippen LogP contribution in [-0.4, -0.2) is 65.1 Å². The summed E-state index contributed by atoms with van der Waals surface area (Å²) < 4.78 is 0. The van der Waals surface area contributed by atoms with Crippen LogP contribution in [0.1, 0.15) is 27.2 Å². The monoisotopic (exact) mass is 257 g/mol. The van der Waals surface area contributed by atoms with Crippen LogP contribution in [0.25, 0.3) is 0 Å². The van der Waals surface area contributed by atoms with E-state index in [2.05, 4.69) is 49.4 Å². The number of likely N-dealkylation sites (N-methyl/N-ethyl adjacent to an activating group) is 1. The zero-order valence-electron chi connectivity index (χ0n) is 11.6. The molecule has 0 radical (unpaired) electrons. The first-order valence-corrected chi connectivity index (χ1v) is 7.72. The van der Waals surface area contributed by atoms with E-state index in [1.165, 1.54) is 19.5 Å². The molecule has 2 saturated heterocycles. The van der Waals surface area contributed by atoms with Gasteiger partial charge in [-0.3, -0.25) is 4.90 Å². The van der Waals surface area contributed by atoms with E-state index in [9.17, 15) is 0 Å². The minimum Gasteiger partial charge on any atom is -0.329 e. The zero-order valence-corrected chi connectivity index (χ0v) is 12.5. The SMILES string of the molecule is CC1CN(C2(CN)CC(C)N(C)C2)CC(C)S1. The summed E-state index contributed by atoms with van der Waals surface area (Å²) in [6.45, 7) is 11.3. The van der Waals surface area contributed by atoms with E-state index in [4.69, 9.17) is 5.73 Å². The topological polar surface area (TPSA) is 32.5 Å². The van der Waals surface area contributed by atoms with Gasteiger partial charge in [-0.1, -0.05) is 13.8 Å². The van der Waals surface area contributed by atoms with Gasteiger partial charge in [-0.25, -0.2) is 0 Å². The van der Waals surface area contributed by atoms with Crippen molar-refractivity contribution in [1.82, 2.24) is 9.80 Å². The van der Waals surface area contributed by atoms with Crippen LogP contribution in [0.4, 0.5) is 0 Å². The molecular weight excluding hydrogens is 230 g/mol.